The molecular formula is C18H12N4O2. The lowest BCUT2D eigenvalue weighted by Crippen LogP contribution is -1.95. The van der Waals surface area contributed by atoms with Crippen molar-refractivity contribution >= 4 is 16.8 Å². The standard InChI is InChI=1S/C18H12N4O2/c1-23-16-7-6-13(8-15(16)21-11-12(9-19)10-20)18-22-14-4-2-3-5-17(14)24-18/h2-8,11,21H,1H3. The van der Waals surface area contributed by atoms with E-state index in [0.717, 1.165) is 11.1 Å². The second-order valence-electron chi connectivity index (χ2n) is 4.83. The number of methoxy groups -OCH3 is 1. The molecule has 0 radical (unpaired) electrons. The summed E-state index contributed by atoms with van der Waals surface area (Å²) in [6.45, 7) is 0. The van der Waals surface area contributed by atoms with E-state index in [1.807, 2.05) is 30.3 Å². The van der Waals surface area contributed by atoms with Crippen LogP contribution in [0.4, 0.5) is 5.69 Å². The Morgan fingerprint density at radius 2 is 2.00 bits per heavy atom. The number of fused-ring (bicyclic) bond motifs is 1. The fourth-order valence-corrected chi connectivity index (χ4v) is 2.19. The molecule has 0 bridgehead atoms. The number of nitrogens with one attached hydrogen (secondary N) is 1. The fourth-order valence-electron chi connectivity index (χ4n) is 2.19. The number of para-hydroxylation sites is 2. The summed E-state index contributed by atoms with van der Waals surface area (Å²) in [6.07, 6.45) is 1.33. The summed E-state index contributed by atoms with van der Waals surface area (Å²) in [6, 6.07) is 16.5. The van der Waals surface area contributed by atoms with Gasteiger partial charge in [-0.15, -0.1) is 0 Å². The summed E-state index contributed by atoms with van der Waals surface area (Å²) < 4.78 is 11.0. The maximum atomic E-state index is 8.81. The number of nitriles is 2. The molecule has 3 aromatic rings. The molecule has 0 spiro atoms. The number of aromatic nitrogens is 1. The highest BCUT2D eigenvalue weighted by Crippen LogP contribution is 2.31. The van der Waals surface area contributed by atoms with E-state index in [0.29, 0.717) is 22.9 Å². The molecule has 1 aromatic heterocycles. The minimum atomic E-state index is -0.0377. The maximum Gasteiger partial charge on any atom is 0.227 e. The topological polar surface area (TPSA) is 94.9 Å². The first-order chi connectivity index (χ1) is 11.7. The Labute approximate surface area is 138 Å². The van der Waals surface area contributed by atoms with Gasteiger partial charge < -0.3 is 14.5 Å². The van der Waals surface area contributed by atoms with Crippen molar-refractivity contribution in [2.75, 3.05) is 12.4 Å². The monoisotopic (exact) mass is 316 g/mol. The maximum absolute atomic E-state index is 8.81. The highest BCUT2D eigenvalue weighted by atomic mass is 16.5. The molecule has 1 N–H and O–H groups in total. The van der Waals surface area contributed by atoms with Crippen molar-refractivity contribution in [2.24, 2.45) is 0 Å². The molecule has 24 heavy (non-hydrogen) atoms. The Hall–Kier alpha value is -3.77. The molecule has 6 nitrogen and oxygen atoms in total. The minimum Gasteiger partial charge on any atom is -0.495 e. The SMILES string of the molecule is COc1ccc(-c2nc3ccccc3o2)cc1NC=C(C#N)C#N. The summed E-state index contributed by atoms with van der Waals surface area (Å²) in [4.78, 5) is 4.45. The number of hydrogen-bond donors (Lipinski definition) is 1. The Kier molecular flexibility index (Phi) is 4.13. The van der Waals surface area contributed by atoms with Gasteiger partial charge in [-0.05, 0) is 30.3 Å². The van der Waals surface area contributed by atoms with Gasteiger partial charge in [0.2, 0.25) is 5.89 Å². The van der Waals surface area contributed by atoms with Crippen LogP contribution in [0, 0.1) is 22.7 Å². The summed E-state index contributed by atoms with van der Waals surface area (Å²) in [7, 11) is 1.54. The smallest absolute Gasteiger partial charge is 0.227 e. The number of oxazole rings is 1. The molecule has 6 heteroatoms. The lowest BCUT2D eigenvalue weighted by molar-refractivity contribution is 0.417. The molecule has 0 aliphatic rings. The van der Waals surface area contributed by atoms with Gasteiger partial charge in [-0.1, -0.05) is 12.1 Å². The molecule has 0 saturated carbocycles. The molecule has 116 valence electrons. The summed E-state index contributed by atoms with van der Waals surface area (Å²) in [5.74, 6) is 1.05. The van der Waals surface area contributed by atoms with Crippen molar-refractivity contribution in [1.29, 1.82) is 10.5 Å². The van der Waals surface area contributed by atoms with E-state index in [-0.39, 0.29) is 5.57 Å². The van der Waals surface area contributed by atoms with Crippen molar-refractivity contribution < 1.29 is 9.15 Å². The van der Waals surface area contributed by atoms with Gasteiger partial charge in [0.25, 0.3) is 0 Å². The normalized spacial score (nSPS) is 9.79. The molecule has 1 heterocycles. The van der Waals surface area contributed by atoms with Gasteiger partial charge >= 0.3 is 0 Å². The van der Waals surface area contributed by atoms with Crippen LogP contribution in [0.5, 0.6) is 5.75 Å². The van der Waals surface area contributed by atoms with Crippen molar-refractivity contribution in [3.8, 4) is 29.3 Å². The van der Waals surface area contributed by atoms with E-state index in [2.05, 4.69) is 10.3 Å². The molecule has 0 saturated heterocycles. The van der Waals surface area contributed by atoms with E-state index in [4.69, 9.17) is 19.7 Å². The van der Waals surface area contributed by atoms with Gasteiger partial charge in [0.1, 0.15) is 29.0 Å². The largest absolute Gasteiger partial charge is 0.495 e. The zero-order valence-electron chi connectivity index (χ0n) is 12.8. The molecular weight excluding hydrogens is 304 g/mol. The minimum absolute atomic E-state index is 0.0377. The molecule has 3 rings (SSSR count). The van der Waals surface area contributed by atoms with Crippen molar-refractivity contribution in [1.82, 2.24) is 4.98 Å². The second-order valence-corrected chi connectivity index (χ2v) is 4.83. The Morgan fingerprint density at radius 3 is 2.71 bits per heavy atom. The average Bonchev–Trinajstić information content (AvgIpc) is 3.06. The summed E-state index contributed by atoms with van der Waals surface area (Å²) in [5.41, 5.74) is 2.78. The van der Waals surface area contributed by atoms with E-state index in [9.17, 15) is 0 Å². The molecule has 0 atom stereocenters. The zero-order chi connectivity index (χ0) is 16.9. The lowest BCUT2D eigenvalue weighted by Gasteiger charge is -2.09. The third-order valence-corrected chi connectivity index (χ3v) is 3.35. The van der Waals surface area contributed by atoms with E-state index < -0.39 is 0 Å². The highest BCUT2D eigenvalue weighted by molar-refractivity contribution is 5.77. The van der Waals surface area contributed by atoms with Crippen LogP contribution in [-0.2, 0) is 0 Å². The Bertz CT molecular complexity index is 957. The van der Waals surface area contributed by atoms with Gasteiger partial charge in [-0.25, -0.2) is 4.98 Å². The van der Waals surface area contributed by atoms with Crippen LogP contribution in [0.25, 0.3) is 22.6 Å². The summed E-state index contributed by atoms with van der Waals surface area (Å²) in [5, 5.41) is 20.5. The van der Waals surface area contributed by atoms with Gasteiger partial charge in [0, 0.05) is 11.8 Å². The van der Waals surface area contributed by atoms with Crippen molar-refractivity contribution in [3.63, 3.8) is 0 Å². The number of hydrogen-bond acceptors (Lipinski definition) is 6. The van der Waals surface area contributed by atoms with Crippen LogP contribution in [0.2, 0.25) is 0 Å². The van der Waals surface area contributed by atoms with Crippen LogP contribution in [-0.4, -0.2) is 12.1 Å². The number of ether oxygens (including phenoxy) is 1. The van der Waals surface area contributed by atoms with Crippen LogP contribution < -0.4 is 10.1 Å². The lowest BCUT2D eigenvalue weighted by atomic mass is 10.2. The molecule has 0 fully saturated rings. The average molecular weight is 316 g/mol. The predicted molar refractivity (Wildman–Crippen MR) is 88.9 cm³/mol. The molecule has 0 amide bonds. The number of nitrogens with zero attached hydrogens (tertiary/aromatic N) is 3. The zero-order valence-corrected chi connectivity index (χ0v) is 12.8. The number of anilines is 1. The number of allylic oxidation sites excluding steroid dienone is 1. The van der Waals surface area contributed by atoms with Crippen LogP contribution in [0.15, 0.2) is 58.7 Å². The second kappa shape index (κ2) is 6.55. The Morgan fingerprint density at radius 1 is 1.21 bits per heavy atom. The Balaban J connectivity index is 2.01. The number of rotatable bonds is 4. The molecule has 0 aliphatic heterocycles. The van der Waals surface area contributed by atoms with Gasteiger partial charge in [-0.2, -0.15) is 10.5 Å². The van der Waals surface area contributed by atoms with E-state index in [1.165, 1.54) is 6.20 Å². The first kappa shape index (κ1) is 15.1. The molecule has 0 unspecified atom stereocenters. The molecule has 2 aromatic carbocycles. The third kappa shape index (κ3) is 2.90. The number of benzene rings is 2. The first-order valence-corrected chi connectivity index (χ1v) is 7.06. The van der Waals surface area contributed by atoms with E-state index >= 15 is 0 Å². The van der Waals surface area contributed by atoms with E-state index in [1.54, 1.807) is 31.4 Å². The quantitative estimate of drug-likeness (QED) is 0.735. The van der Waals surface area contributed by atoms with Crippen molar-refractivity contribution in [3.05, 3.63) is 54.2 Å². The van der Waals surface area contributed by atoms with Crippen molar-refractivity contribution in [2.45, 2.75) is 0 Å². The van der Waals surface area contributed by atoms with Crippen LogP contribution in [0.1, 0.15) is 0 Å². The molecule has 0 aliphatic carbocycles. The third-order valence-electron chi connectivity index (χ3n) is 3.35. The summed E-state index contributed by atoms with van der Waals surface area (Å²) >= 11 is 0. The van der Waals surface area contributed by atoms with Crippen LogP contribution in [0.3, 0.4) is 0 Å². The highest BCUT2D eigenvalue weighted by Gasteiger charge is 2.11. The first-order valence-electron chi connectivity index (χ1n) is 7.06. The van der Waals surface area contributed by atoms with Crippen LogP contribution >= 0.6 is 0 Å². The van der Waals surface area contributed by atoms with Gasteiger partial charge in [0.15, 0.2) is 5.58 Å². The van der Waals surface area contributed by atoms with Gasteiger partial charge in [-0.3, -0.25) is 0 Å². The predicted octanol–water partition coefficient (Wildman–Crippen LogP) is 3.85. The van der Waals surface area contributed by atoms with Gasteiger partial charge in [0.05, 0.1) is 12.8 Å². The fraction of sp³-hybridized carbons (Fsp3) is 0.0556.